The van der Waals surface area contributed by atoms with Gasteiger partial charge in [-0.2, -0.15) is 0 Å². The standard InChI is InChI=1S/C23H28N4O3/c1-24-22(29)18-12-14-27(15-13-18)23(30)25-19-10-8-17(9-11-19)16-21(28)26(2)20-6-4-3-5-7-20/h3-11,18H,12-16H2,1-2H3,(H,24,29)(H,25,30). The van der Waals surface area contributed by atoms with Gasteiger partial charge in [0.05, 0.1) is 6.42 Å². The molecule has 0 aliphatic carbocycles. The number of nitrogens with one attached hydrogen (secondary N) is 2. The molecule has 2 N–H and O–H groups in total. The molecule has 1 saturated heterocycles. The van der Waals surface area contributed by atoms with Crippen LogP contribution in [-0.2, 0) is 16.0 Å². The van der Waals surface area contributed by atoms with Crippen LogP contribution < -0.4 is 15.5 Å². The number of hydrogen-bond donors (Lipinski definition) is 2. The van der Waals surface area contributed by atoms with Crippen LogP contribution in [0.1, 0.15) is 18.4 Å². The summed E-state index contributed by atoms with van der Waals surface area (Å²) in [7, 11) is 3.40. The first-order chi connectivity index (χ1) is 14.5. The number of piperidine rings is 1. The molecular formula is C23H28N4O3. The maximum atomic E-state index is 12.5. The molecule has 1 fully saturated rings. The SMILES string of the molecule is CNC(=O)C1CCN(C(=O)Nc2ccc(CC(=O)N(C)c3ccccc3)cc2)CC1. The molecule has 0 unspecified atom stereocenters. The molecule has 2 aromatic carbocycles. The Morgan fingerprint density at radius 2 is 1.63 bits per heavy atom. The number of amides is 4. The number of likely N-dealkylation sites (tertiary alicyclic amines) is 1. The number of likely N-dealkylation sites (N-methyl/N-ethyl adjacent to an activating group) is 1. The van der Waals surface area contributed by atoms with E-state index in [1.165, 1.54) is 0 Å². The Bertz CT molecular complexity index is 875. The predicted molar refractivity (Wildman–Crippen MR) is 117 cm³/mol. The molecule has 7 nitrogen and oxygen atoms in total. The Morgan fingerprint density at radius 3 is 2.23 bits per heavy atom. The molecule has 0 radical (unpaired) electrons. The third kappa shape index (κ3) is 5.37. The largest absolute Gasteiger partial charge is 0.359 e. The fourth-order valence-corrected chi connectivity index (χ4v) is 3.55. The second-order valence-electron chi connectivity index (χ2n) is 7.47. The molecule has 30 heavy (non-hydrogen) atoms. The number of rotatable bonds is 5. The highest BCUT2D eigenvalue weighted by Crippen LogP contribution is 2.19. The van der Waals surface area contributed by atoms with Crippen LogP contribution in [0.3, 0.4) is 0 Å². The second kappa shape index (κ2) is 9.91. The van der Waals surface area contributed by atoms with E-state index < -0.39 is 0 Å². The summed E-state index contributed by atoms with van der Waals surface area (Å²) in [6.45, 7) is 1.12. The van der Waals surface area contributed by atoms with Crippen LogP contribution in [0, 0.1) is 5.92 Å². The first kappa shape index (κ1) is 21.4. The molecule has 158 valence electrons. The van der Waals surface area contributed by atoms with E-state index in [0.29, 0.717) is 31.6 Å². The predicted octanol–water partition coefficient (Wildman–Crippen LogP) is 2.88. The molecule has 4 amide bonds. The van der Waals surface area contributed by atoms with Crippen LogP contribution in [0.5, 0.6) is 0 Å². The first-order valence-corrected chi connectivity index (χ1v) is 10.2. The molecule has 1 aliphatic heterocycles. The van der Waals surface area contributed by atoms with Crippen LogP contribution >= 0.6 is 0 Å². The van der Waals surface area contributed by atoms with Crippen molar-refractivity contribution >= 4 is 29.2 Å². The van der Waals surface area contributed by atoms with Crippen molar-refractivity contribution < 1.29 is 14.4 Å². The zero-order chi connectivity index (χ0) is 21.5. The van der Waals surface area contributed by atoms with Gasteiger partial charge >= 0.3 is 6.03 Å². The molecule has 0 bridgehead atoms. The lowest BCUT2D eigenvalue weighted by Gasteiger charge is -2.31. The van der Waals surface area contributed by atoms with Gasteiger partial charge in [0.25, 0.3) is 0 Å². The Hall–Kier alpha value is -3.35. The van der Waals surface area contributed by atoms with Gasteiger partial charge in [0.2, 0.25) is 11.8 Å². The second-order valence-corrected chi connectivity index (χ2v) is 7.47. The van der Waals surface area contributed by atoms with E-state index >= 15 is 0 Å². The summed E-state index contributed by atoms with van der Waals surface area (Å²) >= 11 is 0. The summed E-state index contributed by atoms with van der Waals surface area (Å²) < 4.78 is 0. The summed E-state index contributed by atoms with van der Waals surface area (Å²) in [5.74, 6) is 0.0139. The number of anilines is 2. The number of hydrogen-bond acceptors (Lipinski definition) is 3. The lowest BCUT2D eigenvalue weighted by atomic mass is 9.96. The molecule has 7 heteroatoms. The Morgan fingerprint density at radius 1 is 1.00 bits per heavy atom. The maximum absolute atomic E-state index is 12.5. The van der Waals surface area contributed by atoms with Gasteiger partial charge in [-0.05, 0) is 42.7 Å². The number of para-hydroxylation sites is 1. The van der Waals surface area contributed by atoms with Crippen molar-refractivity contribution in [1.29, 1.82) is 0 Å². The number of nitrogens with zero attached hydrogens (tertiary/aromatic N) is 2. The van der Waals surface area contributed by atoms with E-state index in [2.05, 4.69) is 10.6 Å². The van der Waals surface area contributed by atoms with Crippen molar-refractivity contribution in [3.8, 4) is 0 Å². The Labute approximate surface area is 177 Å². The number of benzene rings is 2. The van der Waals surface area contributed by atoms with Gasteiger partial charge in [0.1, 0.15) is 0 Å². The first-order valence-electron chi connectivity index (χ1n) is 10.2. The number of carbonyl (C=O) groups is 3. The summed E-state index contributed by atoms with van der Waals surface area (Å²) in [6, 6.07) is 16.7. The molecule has 0 aromatic heterocycles. The third-order valence-electron chi connectivity index (χ3n) is 5.48. The average Bonchev–Trinajstić information content (AvgIpc) is 2.80. The van der Waals surface area contributed by atoms with Crippen molar-refractivity contribution in [3.05, 3.63) is 60.2 Å². The molecule has 2 aromatic rings. The van der Waals surface area contributed by atoms with Gasteiger partial charge in [-0.1, -0.05) is 30.3 Å². The lowest BCUT2D eigenvalue weighted by molar-refractivity contribution is -0.125. The zero-order valence-corrected chi connectivity index (χ0v) is 17.4. The summed E-state index contributed by atoms with van der Waals surface area (Å²) in [6.07, 6.45) is 1.62. The van der Waals surface area contributed by atoms with Crippen molar-refractivity contribution in [2.45, 2.75) is 19.3 Å². The summed E-state index contributed by atoms with van der Waals surface area (Å²) in [5.41, 5.74) is 2.42. The quantitative estimate of drug-likeness (QED) is 0.798. The van der Waals surface area contributed by atoms with Gasteiger partial charge in [0.15, 0.2) is 0 Å². The van der Waals surface area contributed by atoms with E-state index in [0.717, 1.165) is 11.3 Å². The van der Waals surface area contributed by atoms with Gasteiger partial charge in [0, 0.05) is 44.5 Å². The minimum atomic E-state index is -0.169. The molecular weight excluding hydrogens is 380 g/mol. The molecule has 3 rings (SSSR count). The van der Waals surface area contributed by atoms with Gasteiger partial charge in [-0.3, -0.25) is 9.59 Å². The minimum Gasteiger partial charge on any atom is -0.359 e. The van der Waals surface area contributed by atoms with Gasteiger partial charge in [-0.25, -0.2) is 4.79 Å². The van der Waals surface area contributed by atoms with Crippen LogP contribution in [0.2, 0.25) is 0 Å². The highest BCUT2D eigenvalue weighted by molar-refractivity contribution is 5.94. The van der Waals surface area contributed by atoms with Gasteiger partial charge < -0.3 is 20.4 Å². The molecule has 1 heterocycles. The highest BCUT2D eigenvalue weighted by atomic mass is 16.2. The smallest absolute Gasteiger partial charge is 0.321 e. The summed E-state index contributed by atoms with van der Waals surface area (Å²) in [4.78, 5) is 40.0. The fourth-order valence-electron chi connectivity index (χ4n) is 3.55. The number of carbonyl (C=O) groups excluding carboxylic acids is 3. The van der Waals surface area contributed by atoms with E-state index in [4.69, 9.17) is 0 Å². The lowest BCUT2D eigenvalue weighted by Crippen LogP contribution is -2.44. The fraction of sp³-hybridized carbons (Fsp3) is 0.348. The minimum absolute atomic E-state index is 0.00280. The van der Waals surface area contributed by atoms with Crippen LogP contribution in [0.15, 0.2) is 54.6 Å². The normalized spacial score (nSPS) is 14.1. The zero-order valence-electron chi connectivity index (χ0n) is 17.4. The van der Waals surface area contributed by atoms with Crippen LogP contribution in [0.4, 0.5) is 16.2 Å². The summed E-state index contributed by atoms with van der Waals surface area (Å²) in [5, 5.41) is 5.56. The van der Waals surface area contributed by atoms with E-state index in [1.54, 1.807) is 36.0 Å². The molecule has 0 spiro atoms. The van der Waals surface area contributed by atoms with Crippen molar-refractivity contribution in [2.24, 2.45) is 5.92 Å². The van der Waals surface area contributed by atoms with Crippen LogP contribution in [-0.4, -0.2) is 49.9 Å². The highest BCUT2D eigenvalue weighted by Gasteiger charge is 2.26. The molecule has 0 atom stereocenters. The monoisotopic (exact) mass is 408 g/mol. The Balaban J connectivity index is 1.50. The van der Waals surface area contributed by atoms with Crippen molar-refractivity contribution in [1.82, 2.24) is 10.2 Å². The van der Waals surface area contributed by atoms with Crippen LogP contribution in [0.25, 0.3) is 0 Å². The maximum Gasteiger partial charge on any atom is 0.321 e. The van der Waals surface area contributed by atoms with E-state index in [-0.39, 0.29) is 30.2 Å². The molecule has 1 aliphatic rings. The molecule has 0 saturated carbocycles. The topological polar surface area (TPSA) is 81.8 Å². The van der Waals surface area contributed by atoms with E-state index in [9.17, 15) is 14.4 Å². The van der Waals surface area contributed by atoms with Gasteiger partial charge in [-0.15, -0.1) is 0 Å². The van der Waals surface area contributed by atoms with E-state index in [1.807, 2.05) is 42.5 Å². The van der Waals surface area contributed by atoms with Crippen molar-refractivity contribution in [2.75, 3.05) is 37.4 Å². The third-order valence-corrected chi connectivity index (χ3v) is 5.48. The average molecular weight is 409 g/mol. The van der Waals surface area contributed by atoms with Crippen molar-refractivity contribution in [3.63, 3.8) is 0 Å². The number of urea groups is 1. The Kier molecular flexibility index (Phi) is 7.06.